The van der Waals surface area contributed by atoms with Crippen molar-refractivity contribution in [3.8, 4) is 11.5 Å². The summed E-state index contributed by atoms with van der Waals surface area (Å²) in [7, 11) is 3.34. The molecule has 0 amide bonds. The SMILES string of the molecule is COc1ccc(CCN=C(N)N(C)C2CC2)cc1OC(F)F. The van der Waals surface area contributed by atoms with Crippen molar-refractivity contribution in [1.82, 2.24) is 4.90 Å². The van der Waals surface area contributed by atoms with Crippen molar-refractivity contribution in [2.75, 3.05) is 20.7 Å². The van der Waals surface area contributed by atoms with Gasteiger partial charge in [-0.15, -0.1) is 0 Å². The third kappa shape index (κ3) is 4.47. The summed E-state index contributed by atoms with van der Waals surface area (Å²) < 4.78 is 34.2. The van der Waals surface area contributed by atoms with E-state index in [1.807, 2.05) is 11.9 Å². The third-order valence-electron chi connectivity index (χ3n) is 3.57. The van der Waals surface area contributed by atoms with Gasteiger partial charge in [0, 0.05) is 19.6 Å². The number of hydrogen-bond donors (Lipinski definition) is 1. The van der Waals surface area contributed by atoms with Crippen molar-refractivity contribution in [3.05, 3.63) is 23.8 Å². The molecule has 0 radical (unpaired) electrons. The van der Waals surface area contributed by atoms with Crippen LogP contribution in [-0.2, 0) is 6.42 Å². The van der Waals surface area contributed by atoms with Gasteiger partial charge in [-0.1, -0.05) is 6.07 Å². The molecule has 7 heteroatoms. The Morgan fingerprint density at radius 3 is 2.73 bits per heavy atom. The number of nitrogens with zero attached hydrogens (tertiary/aromatic N) is 2. The molecule has 0 atom stereocenters. The highest BCUT2D eigenvalue weighted by Crippen LogP contribution is 2.29. The molecule has 1 aromatic carbocycles. The molecular weight excluding hydrogens is 292 g/mol. The molecule has 122 valence electrons. The Hall–Kier alpha value is -2.05. The molecule has 0 aromatic heterocycles. The minimum absolute atomic E-state index is 0.0297. The maximum absolute atomic E-state index is 12.4. The van der Waals surface area contributed by atoms with E-state index in [0.29, 0.717) is 25.0 Å². The van der Waals surface area contributed by atoms with E-state index in [-0.39, 0.29) is 11.5 Å². The first-order chi connectivity index (χ1) is 10.5. The Morgan fingerprint density at radius 1 is 1.41 bits per heavy atom. The smallest absolute Gasteiger partial charge is 0.387 e. The highest BCUT2D eigenvalue weighted by atomic mass is 19.3. The van der Waals surface area contributed by atoms with Crippen molar-refractivity contribution in [2.45, 2.75) is 31.9 Å². The molecule has 0 bridgehead atoms. The second-order valence-corrected chi connectivity index (χ2v) is 5.20. The number of alkyl halides is 2. The molecule has 2 N–H and O–H groups in total. The fraction of sp³-hybridized carbons (Fsp3) is 0.533. The van der Waals surface area contributed by atoms with Gasteiger partial charge in [-0.3, -0.25) is 4.99 Å². The van der Waals surface area contributed by atoms with Gasteiger partial charge in [0.15, 0.2) is 17.5 Å². The number of hydrogen-bond acceptors (Lipinski definition) is 3. The number of ether oxygens (including phenoxy) is 2. The number of methoxy groups -OCH3 is 1. The molecule has 0 spiro atoms. The molecule has 1 aromatic rings. The maximum Gasteiger partial charge on any atom is 0.387 e. The van der Waals surface area contributed by atoms with Crippen LogP contribution in [-0.4, -0.2) is 44.2 Å². The number of aliphatic imine (C=N–C) groups is 1. The summed E-state index contributed by atoms with van der Waals surface area (Å²) in [5, 5.41) is 0. The van der Waals surface area contributed by atoms with Gasteiger partial charge >= 0.3 is 6.61 Å². The van der Waals surface area contributed by atoms with E-state index in [1.165, 1.54) is 7.11 Å². The molecule has 0 heterocycles. The summed E-state index contributed by atoms with van der Waals surface area (Å²) in [6, 6.07) is 5.46. The predicted molar refractivity (Wildman–Crippen MR) is 80.6 cm³/mol. The zero-order valence-corrected chi connectivity index (χ0v) is 12.8. The lowest BCUT2D eigenvalue weighted by molar-refractivity contribution is -0.0512. The van der Waals surface area contributed by atoms with Gasteiger partial charge in [-0.2, -0.15) is 8.78 Å². The molecular formula is C15H21F2N3O2. The Kier molecular flexibility index (Phi) is 5.41. The lowest BCUT2D eigenvalue weighted by atomic mass is 10.1. The Labute approximate surface area is 128 Å². The van der Waals surface area contributed by atoms with E-state index < -0.39 is 6.61 Å². The van der Waals surface area contributed by atoms with E-state index in [0.717, 1.165) is 18.4 Å². The zero-order valence-electron chi connectivity index (χ0n) is 12.8. The van der Waals surface area contributed by atoms with Crippen LogP contribution in [0.5, 0.6) is 11.5 Å². The van der Waals surface area contributed by atoms with Gasteiger partial charge in [0.25, 0.3) is 0 Å². The maximum atomic E-state index is 12.4. The van der Waals surface area contributed by atoms with Crippen LogP contribution >= 0.6 is 0 Å². The van der Waals surface area contributed by atoms with Gasteiger partial charge < -0.3 is 20.1 Å². The summed E-state index contributed by atoms with van der Waals surface area (Å²) in [5.74, 6) is 0.822. The average Bonchev–Trinajstić information content (AvgIpc) is 3.30. The van der Waals surface area contributed by atoms with Crippen LogP contribution in [0.3, 0.4) is 0 Å². The molecule has 1 aliphatic rings. The van der Waals surface area contributed by atoms with Gasteiger partial charge in [0.2, 0.25) is 0 Å². The lowest BCUT2D eigenvalue weighted by Gasteiger charge is -2.16. The standard InChI is InChI=1S/C15H21F2N3O2/c1-20(11-4-5-11)15(18)19-8-7-10-3-6-12(21-2)13(9-10)22-14(16)17/h3,6,9,11,14H,4-5,7-8H2,1-2H3,(H2,18,19). The molecule has 1 aliphatic carbocycles. The quantitative estimate of drug-likeness (QED) is 0.619. The Bertz CT molecular complexity index is 534. The second kappa shape index (κ2) is 7.29. The Balaban J connectivity index is 1.95. The van der Waals surface area contributed by atoms with E-state index in [9.17, 15) is 8.78 Å². The van der Waals surface area contributed by atoms with E-state index in [4.69, 9.17) is 10.5 Å². The summed E-state index contributed by atoms with van der Waals surface area (Å²) >= 11 is 0. The largest absolute Gasteiger partial charge is 0.493 e. The minimum Gasteiger partial charge on any atom is -0.493 e. The van der Waals surface area contributed by atoms with Crippen LogP contribution in [0.15, 0.2) is 23.2 Å². The topological polar surface area (TPSA) is 60.1 Å². The van der Waals surface area contributed by atoms with E-state index >= 15 is 0 Å². The monoisotopic (exact) mass is 313 g/mol. The van der Waals surface area contributed by atoms with Crippen LogP contribution in [0.2, 0.25) is 0 Å². The van der Waals surface area contributed by atoms with Crippen LogP contribution in [0, 0.1) is 0 Å². The van der Waals surface area contributed by atoms with Gasteiger partial charge in [-0.05, 0) is 37.0 Å². The van der Waals surface area contributed by atoms with Crippen molar-refractivity contribution in [2.24, 2.45) is 10.7 Å². The highest BCUT2D eigenvalue weighted by molar-refractivity contribution is 5.78. The number of rotatable bonds is 7. The zero-order chi connectivity index (χ0) is 16.1. The van der Waals surface area contributed by atoms with Crippen LogP contribution in [0.25, 0.3) is 0 Å². The predicted octanol–water partition coefficient (Wildman–Crippen LogP) is 2.25. The van der Waals surface area contributed by atoms with Crippen molar-refractivity contribution in [1.29, 1.82) is 0 Å². The van der Waals surface area contributed by atoms with Crippen LogP contribution < -0.4 is 15.2 Å². The molecule has 22 heavy (non-hydrogen) atoms. The van der Waals surface area contributed by atoms with Gasteiger partial charge in [-0.25, -0.2) is 0 Å². The van der Waals surface area contributed by atoms with Crippen LogP contribution in [0.1, 0.15) is 18.4 Å². The first-order valence-electron chi connectivity index (χ1n) is 7.15. The fourth-order valence-corrected chi connectivity index (χ4v) is 2.12. The molecule has 0 saturated heterocycles. The second-order valence-electron chi connectivity index (χ2n) is 5.20. The summed E-state index contributed by atoms with van der Waals surface area (Å²) in [6.45, 7) is -2.39. The third-order valence-corrected chi connectivity index (χ3v) is 3.57. The number of halogens is 2. The Morgan fingerprint density at radius 2 is 2.14 bits per heavy atom. The highest BCUT2D eigenvalue weighted by Gasteiger charge is 2.27. The first kappa shape index (κ1) is 16.3. The fourth-order valence-electron chi connectivity index (χ4n) is 2.12. The summed E-state index contributed by atoms with van der Waals surface area (Å²) in [4.78, 5) is 6.29. The minimum atomic E-state index is -2.88. The molecule has 0 aliphatic heterocycles. The average molecular weight is 313 g/mol. The molecule has 5 nitrogen and oxygen atoms in total. The number of benzene rings is 1. The normalized spacial score (nSPS) is 15.0. The lowest BCUT2D eigenvalue weighted by Crippen LogP contribution is -2.35. The number of guanidine groups is 1. The number of nitrogens with two attached hydrogens (primary N) is 1. The molecule has 0 unspecified atom stereocenters. The van der Waals surface area contributed by atoms with Crippen LogP contribution in [0.4, 0.5) is 8.78 Å². The molecule has 1 fully saturated rings. The van der Waals surface area contributed by atoms with Crippen molar-refractivity contribution < 1.29 is 18.3 Å². The molecule has 1 saturated carbocycles. The summed E-state index contributed by atoms with van der Waals surface area (Å²) in [6.07, 6.45) is 2.89. The van der Waals surface area contributed by atoms with Gasteiger partial charge in [0.05, 0.1) is 7.11 Å². The molecule has 2 rings (SSSR count). The van der Waals surface area contributed by atoms with E-state index in [2.05, 4.69) is 9.73 Å². The van der Waals surface area contributed by atoms with Gasteiger partial charge in [0.1, 0.15) is 0 Å². The van der Waals surface area contributed by atoms with E-state index in [1.54, 1.807) is 18.2 Å². The van der Waals surface area contributed by atoms with Crippen molar-refractivity contribution >= 4 is 5.96 Å². The van der Waals surface area contributed by atoms with Crippen molar-refractivity contribution in [3.63, 3.8) is 0 Å². The first-order valence-corrected chi connectivity index (χ1v) is 7.15. The summed E-state index contributed by atoms with van der Waals surface area (Å²) in [5.41, 5.74) is 6.73.